The van der Waals surface area contributed by atoms with Gasteiger partial charge in [0.1, 0.15) is 0 Å². The van der Waals surface area contributed by atoms with E-state index < -0.39 is 10.8 Å². The summed E-state index contributed by atoms with van der Waals surface area (Å²) in [6.07, 6.45) is 0. The Kier molecular flexibility index (Phi) is 4.33. The van der Waals surface area contributed by atoms with Crippen molar-refractivity contribution in [2.75, 3.05) is 14.1 Å². The van der Waals surface area contributed by atoms with Crippen LogP contribution in [0.1, 0.15) is 17.0 Å². The second-order valence-electron chi connectivity index (χ2n) is 4.93. The molecule has 2 aromatic carbocycles. The Hall–Kier alpha value is -2.69. The first-order valence-corrected chi connectivity index (χ1v) is 6.51. The Morgan fingerprint density at radius 2 is 1.52 bits per heavy atom. The van der Waals surface area contributed by atoms with Crippen LogP contribution >= 0.6 is 0 Å². The highest BCUT2D eigenvalue weighted by Gasteiger charge is 2.24. The zero-order valence-corrected chi connectivity index (χ0v) is 11.9. The lowest BCUT2D eigenvalue weighted by Crippen LogP contribution is -2.28. The lowest BCUT2D eigenvalue weighted by atomic mass is 9.90. The number of hydrogen-bond donors (Lipinski definition) is 0. The van der Waals surface area contributed by atoms with Crippen molar-refractivity contribution in [1.29, 1.82) is 0 Å². The van der Waals surface area contributed by atoms with Crippen LogP contribution in [0.25, 0.3) is 0 Å². The third-order valence-electron chi connectivity index (χ3n) is 3.26. The van der Waals surface area contributed by atoms with Gasteiger partial charge < -0.3 is 4.90 Å². The third-order valence-corrected chi connectivity index (χ3v) is 3.26. The maximum absolute atomic E-state index is 12.5. The zero-order chi connectivity index (χ0) is 15.4. The SMILES string of the molecule is CN(C)C(=O)C(c1ccccc1)c1ccc([N+](=O)[O-])cc1. The Labute approximate surface area is 123 Å². The molecule has 1 atom stereocenters. The van der Waals surface area contributed by atoms with Crippen molar-refractivity contribution in [2.24, 2.45) is 0 Å². The van der Waals surface area contributed by atoms with Gasteiger partial charge in [-0.15, -0.1) is 0 Å². The molecular weight excluding hydrogens is 268 g/mol. The van der Waals surface area contributed by atoms with Crippen molar-refractivity contribution in [3.63, 3.8) is 0 Å². The van der Waals surface area contributed by atoms with Crippen molar-refractivity contribution in [3.8, 4) is 0 Å². The molecule has 1 unspecified atom stereocenters. The average Bonchev–Trinajstić information content (AvgIpc) is 2.49. The number of nitro groups is 1. The summed E-state index contributed by atoms with van der Waals surface area (Å²) in [7, 11) is 3.40. The van der Waals surface area contributed by atoms with Crippen LogP contribution in [0.15, 0.2) is 54.6 Å². The van der Waals surface area contributed by atoms with Gasteiger partial charge in [0, 0.05) is 26.2 Å². The summed E-state index contributed by atoms with van der Waals surface area (Å²) in [5, 5.41) is 10.7. The van der Waals surface area contributed by atoms with E-state index in [1.54, 1.807) is 26.2 Å². The normalized spacial score (nSPS) is 11.7. The van der Waals surface area contributed by atoms with Gasteiger partial charge in [-0.05, 0) is 11.1 Å². The lowest BCUT2D eigenvalue weighted by Gasteiger charge is -2.21. The van der Waals surface area contributed by atoms with Gasteiger partial charge in [-0.1, -0.05) is 42.5 Å². The van der Waals surface area contributed by atoms with Gasteiger partial charge in [0.05, 0.1) is 10.8 Å². The van der Waals surface area contributed by atoms with Crippen LogP contribution in [0.4, 0.5) is 5.69 Å². The Bertz CT molecular complexity index is 636. The summed E-state index contributed by atoms with van der Waals surface area (Å²) in [5.74, 6) is -0.517. The van der Waals surface area contributed by atoms with Crippen molar-refractivity contribution in [3.05, 3.63) is 75.8 Å². The number of nitro benzene ring substituents is 1. The molecule has 0 N–H and O–H groups in total. The number of carbonyl (C=O) groups excluding carboxylic acids is 1. The fraction of sp³-hybridized carbons (Fsp3) is 0.188. The number of amides is 1. The molecule has 21 heavy (non-hydrogen) atoms. The molecule has 2 rings (SSSR count). The van der Waals surface area contributed by atoms with Crippen molar-refractivity contribution >= 4 is 11.6 Å². The maximum atomic E-state index is 12.5. The highest BCUT2D eigenvalue weighted by Crippen LogP contribution is 2.27. The second-order valence-corrected chi connectivity index (χ2v) is 4.93. The molecule has 0 bridgehead atoms. The maximum Gasteiger partial charge on any atom is 0.269 e. The van der Waals surface area contributed by atoms with E-state index in [-0.39, 0.29) is 11.6 Å². The fourth-order valence-electron chi connectivity index (χ4n) is 2.17. The van der Waals surface area contributed by atoms with E-state index in [4.69, 9.17) is 0 Å². The average molecular weight is 284 g/mol. The molecular formula is C16H16N2O3. The molecule has 0 saturated carbocycles. The second kappa shape index (κ2) is 6.17. The molecule has 1 amide bonds. The van der Waals surface area contributed by atoms with Gasteiger partial charge in [-0.3, -0.25) is 14.9 Å². The van der Waals surface area contributed by atoms with Crippen LogP contribution in [0.3, 0.4) is 0 Å². The molecule has 0 radical (unpaired) electrons. The number of benzene rings is 2. The number of carbonyl (C=O) groups is 1. The number of hydrogen-bond acceptors (Lipinski definition) is 3. The molecule has 0 aliphatic heterocycles. The molecule has 0 fully saturated rings. The first-order chi connectivity index (χ1) is 10.0. The van der Waals surface area contributed by atoms with Gasteiger partial charge in [-0.25, -0.2) is 0 Å². The van der Waals surface area contributed by atoms with Crippen LogP contribution in [-0.4, -0.2) is 29.8 Å². The van der Waals surface area contributed by atoms with Crippen LogP contribution < -0.4 is 0 Å². The summed E-state index contributed by atoms with van der Waals surface area (Å²) in [5.41, 5.74) is 1.62. The number of likely N-dealkylation sites (N-methyl/N-ethyl adjacent to an activating group) is 1. The molecule has 0 saturated heterocycles. The molecule has 5 heteroatoms. The first kappa shape index (κ1) is 14.7. The molecule has 0 aliphatic carbocycles. The highest BCUT2D eigenvalue weighted by atomic mass is 16.6. The topological polar surface area (TPSA) is 63.5 Å². The van der Waals surface area contributed by atoms with Gasteiger partial charge in [0.15, 0.2) is 0 Å². The van der Waals surface area contributed by atoms with Gasteiger partial charge in [-0.2, -0.15) is 0 Å². The molecule has 5 nitrogen and oxygen atoms in total. The first-order valence-electron chi connectivity index (χ1n) is 6.51. The summed E-state index contributed by atoms with van der Waals surface area (Å²) in [4.78, 5) is 24.3. The molecule has 0 aromatic heterocycles. The minimum atomic E-state index is -0.456. The van der Waals surface area contributed by atoms with Crippen LogP contribution in [0, 0.1) is 10.1 Å². The van der Waals surface area contributed by atoms with E-state index in [1.807, 2.05) is 30.3 Å². The van der Waals surface area contributed by atoms with Crippen molar-refractivity contribution in [2.45, 2.75) is 5.92 Å². The fourth-order valence-corrected chi connectivity index (χ4v) is 2.17. The smallest absolute Gasteiger partial charge is 0.269 e. The lowest BCUT2D eigenvalue weighted by molar-refractivity contribution is -0.384. The van der Waals surface area contributed by atoms with E-state index in [9.17, 15) is 14.9 Å². The van der Waals surface area contributed by atoms with Crippen molar-refractivity contribution < 1.29 is 9.72 Å². The van der Waals surface area contributed by atoms with Crippen LogP contribution in [0.2, 0.25) is 0 Å². The molecule has 0 heterocycles. The monoisotopic (exact) mass is 284 g/mol. The van der Waals surface area contributed by atoms with Crippen LogP contribution in [0.5, 0.6) is 0 Å². The Balaban J connectivity index is 2.45. The zero-order valence-electron chi connectivity index (χ0n) is 11.9. The number of non-ortho nitro benzene ring substituents is 1. The Morgan fingerprint density at radius 3 is 2.00 bits per heavy atom. The Morgan fingerprint density at radius 1 is 1.00 bits per heavy atom. The number of rotatable bonds is 4. The van der Waals surface area contributed by atoms with E-state index in [0.717, 1.165) is 11.1 Å². The quantitative estimate of drug-likeness (QED) is 0.640. The number of nitrogens with zero attached hydrogens (tertiary/aromatic N) is 2. The van der Waals surface area contributed by atoms with Gasteiger partial charge in [0.2, 0.25) is 5.91 Å². The summed E-state index contributed by atoms with van der Waals surface area (Å²) in [6, 6.07) is 15.5. The largest absolute Gasteiger partial charge is 0.348 e. The van der Waals surface area contributed by atoms with Gasteiger partial charge in [0.25, 0.3) is 5.69 Å². The standard InChI is InChI=1S/C16H16N2O3/c1-17(2)16(19)15(12-6-4-3-5-7-12)13-8-10-14(11-9-13)18(20)21/h3-11,15H,1-2H3. The predicted molar refractivity (Wildman–Crippen MR) is 80.1 cm³/mol. The van der Waals surface area contributed by atoms with E-state index in [2.05, 4.69) is 0 Å². The summed E-state index contributed by atoms with van der Waals surface area (Å²) in [6.45, 7) is 0. The third kappa shape index (κ3) is 3.25. The van der Waals surface area contributed by atoms with Crippen LogP contribution in [-0.2, 0) is 4.79 Å². The minimum Gasteiger partial charge on any atom is -0.348 e. The molecule has 108 valence electrons. The highest BCUT2D eigenvalue weighted by molar-refractivity contribution is 5.86. The molecule has 0 aliphatic rings. The van der Waals surface area contributed by atoms with E-state index in [0.29, 0.717) is 0 Å². The minimum absolute atomic E-state index is 0.0165. The van der Waals surface area contributed by atoms with E-state index >= 15 is 0 Å². The summed E-state index contributed by atoms with van der Waals surface area (Å²) < 4.78 is 0. The predicted octanol–water partition coefficient (Wildman–Crippen LogP) is 2.81. The molecule has 0 spiro atoms. The van der Waals surface area contributed by atoms with E-state index in [1.165, 1.54) is 17.0 Å². The van der Waals surface area contributed by atoms with Gasteiger partial charge >= 0.3 is 0 Å². The van der Waals surface area contributed by atoms with Crippen molar-refractivity contribution in [1.82, 2.24) is 4.90 Å². The summed E-state index contributed by atoms with van der Waals surface area (Å²) >= 11 is 0. The molecule has 2 aromatic rings.